The quantitative estimate of drug-likeness (QED) is 0.405. The smallest absolute Gasteiger partial charge is 0.148 e. The van der Waals surface area contributed by atoms with Gasteiger partial charge in [0, 0.05) is 23.2 Å². The van der Waals surface area contributed by atoms with Gasteiger partial charge in [-0.25, -0.2) is 4.98 Å². The van der Waals surface area contributed by atoms with Crippen LogP contribution in [0.1, 0.15) is 5.56 Å². The summed E-state index contributed by atoms with van der Waals surface area (Å²) in [5.74, 6) is 0. The largest absolute Gasteiger partial charge is 0.290 e. The molecule has 0 aliphatic rings. The van der Waals surface area contributed by atoms with E-state index in [0.717, 1.165) is 38.5 Å². The van der Waals surface area contributed by atoms with Gasteiger partial charge < -0.3 is 0 Å². The minimum absolute atomic E-state index is 0.934. The molecule has 4 aromatic heterocycles. The van der Waals surface area contributed by atoms with Crippen LogP contribution in [0.5, 0.6) is 0 Å². The highest BCUT2D eigenvalue weighted by atomic mass is 15.0. The van der Waals surface area contributed by atoms with E-state index in [2.05, 4.69) is 45.6 Å². The molecule has 0 aliphatic heterocycles. The lowest BCUT2D eigenvalue weighted by Crippen LogP contribution is -1.93. The average Bonchev–Trinajstić information content (AvgIpc) is 2.94. The Morgan fingerprint density at radius 2 is 1.91 bits per heavy atom. The minimum Gasteiger partial charge on any atom is -0.290 e. The van der Waals surface area contributed by atoms with Crippen LogP contribution in [0.4, 0.5) is 0 Å². The van der Waals surface area contributed by atoms with E-state index in [9.17, 15) is 0 Å². The molecule has 0 spiro atoms. The summed E-state index contributed by atoms with van der Waals surface area (Å²) in [6, 6.07) is 12.4. The first-order valence-corrected chi connectivity index (χ1v) is 7.22. The van der Waals surface area contributed by atoms with Gasteiger partial charge in [0.1, 0.15) is 5.65 Å². The van der Waals surface area contributed by atoms with Crippen molar-refractivity contribution in [3.63, 3.8) is 0 Å². The molecular weight excluding hydrogens is 272 g/mol. The topological polar surface area (TPSA) is 43.1 Å². The van der Waals surface area contributed by atoms with Crippen LogP contribution in [-0.4, -0.2) is 19.4 Å². The Bertz CT molecular complexity index is 1190. The molecule has 0 aliphatic carbocycles. The van der Waals surface area contributed by atoms with Crippen LogP contribution >= 0.6 is 0 Å². The summed E-state index contributed by atoms with van der Waals surface area (Å²) in [6.45, 7) is 2.09. The summed E-state index contributed by atoms with van der Waals surface area (Å²) in [5.41, 5.74) is 6.25. The average molecular weight is 284 g/mol. The molecule has 0 saturated heterocycles. The van der Waals surface area contributed by atoms with Gasteiger partial charge in [0.15, 0.2) is 0 Å². The lowest BCUT2D eigenvalue weighted by Gasteiger charge is -2.07. The number of pyridine rings is 3. The molecule has 0 saturated carbocycles. The van der Waals surface area contributed by atoms with Gasteiger partial charge in [-0.05, 0) is 42.8 Å². The number of rotatable bonds is 0. The van der Waals surface area contributed by atoms with Crippen LogP contribution in [0.3, 0.4) is 0 Å². The first kappa shape index (κ1) is 11.6. The Hall–Kier alpha value is -3.01. The van der Waals surface area contributed by atoms with Gasteiger partial charge in [0.25, 0.3) is 0 Å². The highest BCUT2D eigenvalue weighted by Crippen LogP contribution is 2.30. The summed E-state index contributed by atoms with van der Waals surface area (Å²) in [5, 5.41) is 2.16. The van der Waals surface area contributed by atoms with Gasteiger partial charge in [0.2, 0.25) is 0 Å². The molecule has 0 bridgehead atoms. The monoisotopic (exact) mass is 284 g/mol. The van der Waals surface area contributed by atoms with Gasteiger partial charge in [-0.3, -0.25) is 14.4 Å². The van der Waals surface area contributed by atoms with Crippen LogP contribution in [0.25, 0.3) is 38.5 Å². The Kier molecular flexibility index (Phi) is 2.12. The van der Waals surface area contributed by atoms with Crippen molar-refractivity contribution in [3.8, 4) is 0 Å². The molecule has 5 rings (SSSR count). The summed E-state index contributed by atoms with van der Waals surface area (Å²) < 4.78 is 2.18. The van der Waals surface area contributed by atoms with Gasteiger partial charge >= 0.3 is 0 Å². The number of fused-ring (bicyclic) bond motifs is 8. The maximum absolute atomic E-state index is 4.85. The standard InChI is InChI=1S/C18H12N4/c1-11-4-5-15-14(9-11)21-18-13-3-2-7-20-17(13)12-6-8-19-10-16(12)22(15)18/h2-10H,1H3. The van der Waals surface area contributed by atoms with E-state index >= 15 is 0 Å². The zero-order valence-corrected chi connectivity index (χ0v) is 12.0. The third-order valence-corrected chi connectivity index (χ3v) is 4.15. The van der Waals surface area contributed by atoms with Crippen LogP contribution in [-0.2, 0) is 0 Å². The lowest BCUT2D eigenvalue weighted by molar-refractivity contribution is 1.26. The van der Waals surface area contributed by atoms with Crippen molar-refractivity contribution < 1.29 is 0 Å². The molecule has 104 valence electrons. The van der Waals surface area contributed by atoms with Crippen molar-refractivity contribution >= 4 is 38.5 Å². The molecule has 1 aromatic carbocycles. The number of hydrogen-bond acceptors (Lipinski definition) is 3. The van der Waals surface area contributed by atoms with E-state index in [1.165, 1.54) is 5.56 Å². The van der Waals surface area contributed by atoms with Gasteiger partial charge in [0.05, 0.1) is 28.3 Å². The summed E-state index contributed by atoms with van der Waals surface area (Å²) in [4.78, 5) is 13.7. The highest BCUT2D eigenvalue weighted by Gasteiger charge is 2.13. The normalized spacial score (nSPS) is 11.9. The first-order chi connectivity index (χ1) is 10.8. The fraction of sp³-hybridized carbons (Fsp3) is 0.0556. The molecule has 5 aromatic rings. The Morgan fingerprint density at radius 3 is 2.86 bits per heavy atom. The first-order valence-electron chi connectivity index (χ1n) is 7.22. The molecule has 4 nitrogen and oxygen atoms in total. The molecular formula is C18H12N4. The second-order valence-electron chi connectivity index (χ2n) is 5.56. The predicted molar refractivity (Wildman–Crippen MR) is 88.0 cm³/mol. The van der Waals surface area contributed by atoms with Gasteiger partial charge in [-0.2, -0.15) is 0 Å². The van der Waals surface area contributed by atoms with Crippen molar-refractivity contribution in [2.45, 2.75) is 6.92 Å². The van der Waals surface area contributed by atoms with Crippen LogP contribution in [0.2, 0.25) is 0 Å². The zero-order valence-electron chi connectivity index (χ0n) is 12.0. The van der Waals surface area contributed by atoms with Crippen molar-refractivity contribution in [2.24, 2.45) is 0 Å². The van der Waals surface area contributed by atoms with E-state index < -0.39 is 0 Å². The minimum atomic E-state index is 0.934. The number of benzene rings is 1. The van der Waals surface area contributed by atoms with Gasteiger partial charge in [-0.1, -0.05) is 6.07 Å². The zero-order chi connectivity index (χ0) is 14.7. The van der Waals surface area contributed by atoms with Crippen molar-refractivity contribution in [1.29, 1.82) is 0 Å². The maximum atomic E-state index is 4.85. The molecule has 0 fully saturated rings. The van der Waals surface area contributed by atoms with Crippen molar-refractivity contribution in [2.75, 3.05) is 0 Å². The molecule has 0 radical (unpaired) electrons. The molecule has 4 heterocycles. The third-order valence-electron chi connectivity index (χ3n) is 4.15. The number of imidazole rings is 1. The van der Waals surface area contributed by atoms with E-state index in [0.29, 0.717) is 0 Å². The molecule has 0 atom stereocenters. The van der Waals surface area contributed by atoms with E-state index in [4.69, 9.17) is 4.98 Å². The molecule has 0 N–H and O–H groups in total. The number of aromatic nitrogens is 4. The predicted octanol–water partition coefficient (Wildman–Crippen LogP) is 3.89. The molecule has 0 amide bonds. The number of nitrogens with zero attached hydrogens (tertiary/aromatic N) is 4. The molecule has 22 heavy (non-hydrogen) atoms. The van der Waals surface area contributed by atoms with Crippen molar-refractivity contribution in [1.82, 2.24) is 19.4 Å². The summed E-state index contributed by atoms with van der Waals surface area (Å²) in [6.07, 6.45) is 5.52. The Morgan fingerprint density at radius 1 is 0.955 bits per heavy atom. The van der Waals surface area contributed by atoms with Crippen LogP contribution in [0.15, 0.2) is 55.0 Å². The van der Waals surface area contributed by atoms with E-state index in [1.54, 1.807) is 0 Å². The summed E-state index contributed by atoms with van der Waals surface area (Å²) in [7, 11) is 0. The van der Waals surface area contributed by atoms with Crippen LogP contribution in [0, 0.1) is 6.92 Å². The van der Waals surface area contributed by atoms with E-state index in [-0.39, 0.29) is 0 Å². The SMILES string of the molecule is Cc1ccc2c(c1)nc1c3cccnc3c3ccncc3n21. The summed E-state index contributed by atoms with van der Waals surface area (Å²) >= 11 is 0. The molecule has 4 heteroatoms. The fourth-order valence-corrected chi connectivity index (χ4v) is 3.18. The Balaban J connectivity index is 2.21. The van der Waals surface area contributed by atoms with Gasteiger partial charge in [-0.15, -0.1) is 0 Å². The number of hydrogen-bond donors (Lipinski definition) is 0. The molecule has 0 unspecified atom stereocenters. The van der Waals surface area contributed by atoms with Crippen molar-refractivity contribution in [3.05, 3.63) is 60.6 Å². The van der Waals surface area contributed by atoms with E-state index in [1.807, 2.05) is 30.7 Å². The number of aryl methyl sites for hydroxylation is 1. The lowest BCUT2D eigenvalue weighted by atomic mass is 10.1. The second-order valence-corrected chi connectivity index (χ2v) is 5.56. The second kappa shape index (κ2) is 4.01. The van der Waals surface area contributed by atoms with Crippen LogP contribution < -0.4 is 0 Å². The Labute approximate surface area is 126 Å². The highest BCUT2D eigenvalue weighted by molar-refractivity contribution is 6.11. The third kappa shape index (κ3) is 1.39. The fourth-order valence-electron chi connectivity index (χ4n) is 3.18. The maximum Gasteiger partial charge on any atom is 0.148 e.